The number of rotatable bonds is 7. The monoisotopic (exact) mass is 195 g/mol. The zero-order valence-corrected chi connectivity index (χ0v) is 7.94. The second-order valence-electron chi connectivity index (χ2n) is 3.13. The average Bonchev–Trinajstić information content (AvgIpc) is 2.68. The SMILES string of the molecule is O=CCCCC(=O)CCc1cnoc1. The van der Waals surface area contributed by atoms with Crippen LogP contribution in [0.15, 0.2) is 17.0 Å². The lowest BCUT2D eigenvalue weighted by Crippen LogP contribution is -1.99. The van der Waals surface area contributed by atoms with Crippen LogP contribution in [0, 0.1) is 0 Å². The van der Waals surface area contributed by atoms with Crippen molar-refractivity contribution < 1.29 is 14.1 Å². The van der Waals surface area contributed by atoms with Crippen molar-refractivity contribution in [3.8, 4) is 0 Å². The van der Waals surface area contributed by atoms with Gasteiger partial charge < -0.3 is 9.32 Å². The molecule has 0 spiro atoms. The molecule has 1 aromatic rings. The van der Waals surface area contributed by atoms with E-state index in [2.05, 4.69) is 9.68 Å². The Labute approximate surface area is 82.3 Å². The van der Waals surface area contributed by atoms with Crippen molar-refractivity contribution in [3.63, 3.8) is 0 Å². The van der Waals surface area contributed by atoms with Crippen molar-refractivity contribution in [2.75, 3.05) is 0 Å². The van der Waals surface area contributed by atoms with E-state index >= 15 is 0 Å². The fraction of sp³-hybridized carbons (Fsp3) is 0.500. The number of carbonyl (C=O) groups is 2. The third-order valence-corrected chi connectivity index (χ3v) is 1.95. The van der Waals surface area contributed by atoms with Gasteiger partial charge in [-0.1, -0.05) is 5.16 Å². The molecule has 4 heteroatoms. The van der Waals surface area contributed by atoms with Gasteiger partial charge in [0, 0.05) is 24.8 Å². The van der Waals surface area contributed by atoms with Crippen molar-refractivity contribution in [1.29, 1.82) is 0 Å². The summed E-state index contributed by atoms with van der Waals surface area (Å²) in [5.74, 6) is 0.188. The minimum absolute atomic E-state index is 0.188. The van der Waals surface area contributed by atoms with E-state index < -0.39 is 0 Å². The van der Waals surface area contributed by atoms with E-state index in [0.29, 0.717) is 32.1 Å². The summed E-state index contributed by atoms with van der Waals surface area (Å²) in [5, 5.41) is 3.54. The van der Waals surface area contributed by atoms with Gasteiger partial charge in [0.2, 0.25) is 0 Å². The van der Waals surface area contributed by atoms with Crippen molar-refractivity contribution in [3.05, 3.63) is 18.0 Å². The topological polar surface area (TPSA) is 60.2 Å². The molecule has 0 aliphatic carbocycles. The first-order valence-corrected chi connectivity index (χ1v) is 4.66. The summed E-state index contributed by atoms with van der Waals surface area (Å²) in [6.07, 6.45) is 6.78. The Morgan fingerprint density at radius 2 is 2.36 bits per heavy atom. The fourth-order valence-corrected chi connectivity index (χ4v) is 1.14. The van der Waals surface area contributed by atoms with Crippen LogP contribution in [0.5, 0.6) is 0 Å². The van der Waals surface area contributed by atoms with Crippen LogP contribution in [-0.2, 0) is 16.0 Å². The predicted molar refractivity (Wildman–Crippen MR) is 49.7 cm³/mol. The van der Waals surface area contributed by atoms with Gasteiger partial charge in [-0.25, -0.2) is 0 Å². The van der Waals surface area contributed by atoms with Crippen LogP contribution in [0.2, 0.25) is 0 Å². The summed E-state index contributed by atoms with van der Waals surface area (Å²) in [6.45, 7) is 0. The second-order valence-corrected chi connectivity index (χ2v) is 3.13. The zero-order chi connectivity index (χ0) is 10.2. The first kappa shape index (κ1) is 10.6. The summed E-state index contributed by atoms with van der Waals surface area (Å²) in [5.41, 5.74) is 0.939. The molecule has 14 heavy (non-hydrogen) atoms. The standard InChI is InChI=1S/C10H13NO3/c12-6-2-1-3-10(13)5-4-9-7-11-14-8-9/h6-8H,1-5H2. The highest BCUT2D eigenvalue weighted by molar-refractivity contribution is 5.78. The summed E-state index contributed by atoms with van der Waals surface area (Å²) in [6, 6.07) is 0. The molecule has 0 saturated heterocycles. The number of carbonyl (C=O) groups excluding carboxylic acids is 2. The Bertz CT molecular complexity index is 280. The highest BCUT2D eigenvalue weighted by Gasteiger charge is 2.03. The molecule has 0 amide bonds. The van der Waals surface area contributed by atoms with Gasteiger partial charge in [0.15, 0.2) is 0 Å². The smallest absolute Gasteiger partial charge is 0.133 e. The minimum atomic E-state index is 0.188. The molecule has 0 N–H and O–H groups in total. The number of unbranched alkanes of at least 4 members (excludes halogenated alkanes) is 1. The molecule has 76 valence electrons. The first-order valence-electron chi connectivity index (χ1n) is 4.66. The number of aldehydes is 1. The van der Waals surface area contributed by atoms with Crippen LogP contribution in [0.1, 0.15) is 31.2 Å². The molecule has 1 aromatic heterocycles. The maximum Gasteiger partial charge on any atom is 0.133 e. The van der Waals surface area contributed by atoms with E-state index in [4.69, 9.17) is 0 Å². The van der Waals surface area contributed by atoms with E-state index in [0.717, 1.165) is 11.8 Å². The molecule has 1 rings (SSSR count). The first-order chi connectivity index (χ1) is 6.83. The number of hydrogen-bond donors (Lipinski definition) is 0. The van der Waals surface area contributed by atoms with E-state index in [1.807, 2.05) is 0 Å². The lowest BCUT2D eigenvalue weighted by atomic mass is 10.1. The third kappa shape index (κ3) is 3.98. The molecule has 0 atom stereocenters. The molecule has 0 aliphatic heterocycles. The van der Waals surface area contributed by atoms with Gasteiger partial charge in [-0.05, 0) is 12.8 Å². The van der Waals surface area contributed by atoms with Gasteiger partial charge in [0.25, 0.3) is 0 Å². The lowest BCUT2D eigenvalue weighted by Gasteiger charge is -1.96. The lowest BCUT2D eigenvalue weighted by molar-refractivity contribution is -0.119. The Balaban J connectivity index is 2.12. The van der Waals surface area contributed by atoms with E-state index in [1.165, 1.54) is 0 Å². The highest BCUT2D eigenvalue weighted by atomic mass is 16.5. The molecule has 0 aromatic carbocycles. The van der Waals surface area contributed by atoms with Crippen molar-refractivity contribution in [1.82, 2.24) is 5.16 Å². The van der Waals surface area contributed by atoms with Crippen molar-refractivity contribution in [2.45, 2.75) is 32.1 Å². The predicted octanol–water partition coefficient (Wildman–Crippen LogP) is 1.55. The third-order valence-electron chi connectivity index (χ3n) is 1.95. The minimum Gasteiger partial charge on any atom is -0.364 e. The van der Waals surface area contributed by atoms with E-state index in [9.17, 15) is 9.59 Å². The Hall–Kier alpha value is -1.45. The molecule has 1 heterocycles. The van der Waals surface area contributed by atoms with Crippen LogP contribution in [0.25, 0.3) is 0 Å². The number of aryl methyl sites for hydroxylation is 1. The molecular formula is C10H13NO3. The number of ketones is 1. The van der Waals surface area contributed by atoms with Crippen LogP contribution in [-0.4, -0.2) is 17.2 Å². The number of nitrogens with zero attached hydrogens (tertiary/aromatic N) is 1. The molecule has 0 saturated carbocycles. The normalized spacial score (nSPS) is 10.0. The summed E-state index contributed by atoms with van der Waals surface area (Å²) >= 11 is 0. The quantitative estimate of drug-likeness (QED) is 0.489. The zero-order valence-electron chi connectivity index (χ0n) is 7.94. The number of Topliss-reactive ketones (excluding diaryl/α,β-unsaturated/α-hetero) is 1. The van der Waals surface area contributed by atoms with Gasteiger partial charge in [-0.3, -0.25) is 4.79 Å². The maximum atomic E-state index is 11.2. The van der Waals surface area contributed by atoms with Crippen LogP contribution in [0.3, 0.4) is 0 Å². The van der Waals surface area contributed by atoms with Gasteiger partial charge in [-0.15, -0.1) is 0 Å². The molecule has 0 aliphatic rings. The summed E-state index contributed by atoms with van der Waals surface area (Å²) in [7, 11) is 0. The van der Waals surface area contributed by atoms with Crippen molar-refractivity contribution in [2.24, 2.45) is 0 Å². The van der Waals surface area contributed by atoms with Crippen LogP contribution in [0.4, 0.5) is 0 Å². The summed E-state index contributed by atoms with van der Waals surface area (Å²) in [4.78, 5) is 21.2. The van der Waals surface area contributed by atoms with Gasteiger partial charge >= 0.3 is 0 Å². The van der Waals surface area contributed by atoms with E-state index in [1.54, 1.807) is 12.5 Å². The molecule has 0 bridgehead atoms. The largest absolute Gasteiger partial charge is 0.364 e. The highest BCUT2D eigenvalue weighted by Crippen LogP contribution is 2.04. The van der Waals surface area contributed by atoms with Crippen molar-refractivity contribution >= 4 is 12.1 Å². The van der Waals surface area contributed by atoms with Gasteiger partial charge in [0.1, 0.15) is 18.3 Å². The number of hydrogen-bond acceptors (Lipinski definition) is 4. The Kier molecular flexibility index (Phi) is 4.61. The summed E-state index contributed by atoms with van der Waals surface area (Å²) < 4.78 is 4.64. The molecular weight excluding hydrogens is 182 g/mol. The molecule has 4 nitrogen and oxygen atoms in total. The average molecular weight is 195 g/mol. The van der Waals surface area contributed by atoms with Gasteiger partial charge in [-0.2, -0.15) is 0 Å². The van der Waals surface area contributed by atoms with Crippen LogP contribution < -0.4 is 0 Å². The van der Waals surface area contributed by atoms with Gasteiger partial charge in [0.05, 0.1) is 6.20 Å². The Morgan fingerprint density at radius 1 is 1.50 bits per heavy atom. The fourth-order valence-electron chi connectivity index (χ4n) is 1.14. The molecule has 0 fully saturated rings. The van der Waals surface area contributed by atoms with E-state index in [-0.39, 0.29) is 5.78 Å². The van der Waals surface area contributed by atoms with Crippen LogP contribution >= 0.6 is 0 Å². The molecule has 0 unspecified atom stereocenters. The maximum absolute atomic E-state index is 11.2. The Morgan fingerprint density at radius 3 is 3.00 bits per heavy atom. The number of aromatic nitrogens is 1. The molecule has 0 radical (unpaired) electrons. The second kappa shape index (κ2) is 6.07.